The first-order valence-electron chi connectivity index (χ1n) is 16.7. The molecule has 0 aliphatic carbocycles. The predicted octanol–water partition coefficient (Wildman–Crippen LogP) is 9.09. The molecule has 6 aromatic rings. The zero-order valence-corrected chi connectivity index (χ0v) is 28.7. The molecule has 7 rings (SSSR count). The highest BCUT2D eigenvalue weighted by atomic mass is 32.2. The summed E-state index contributed by atoms with van der Waals surface area (Å²) in [7, 11) is 0. The van der Waals surface area contributed by atoms with Crippen molar-refractivity contribution in [2.75, 3.05) is 16.8 Å². The van der Waals surface area contributed by atoms with E-state index < -0.39 is 17.1 Å². The van der Waals surface area contributed by atoms with Crippen LogP contribution in [0.25, 0.3) is 17.4 Å². The number of rotatable bonds is 10. The molecule has 0 saturated heterocycles. The Morgan fingerprint density at radius 3 is 2.20 bits per heavy atom. The minimum atomic E-state index is -0.516. The van der Waals surface area contributed by atoms with Crippen molar-refractivity contribution in [3.8, 4) is 11.3 Å². The second-order valence-electron chi connectivity index (χ2n) is 12.2. The van der Waals surface area contributed by atoms with Gasteiger partial charge in [0.1, 0.15) is 22.5 Å². The second-order valence-corrected chi connectivity index (χ2v) is 13.4. The summed E-state index contributed by atoms with van der Waals surface area (Å²) in [6.45, 7) is 2.67. The molecular formula is C43H35N3O4S. The number of furan rings is 1. The number of benzene rings is 5. The third kappa shape index (κ3) is 7.87. The Hall–Kier alpha value is -6.12. The van der Waals surface area contributed by atoms with E-state index in [0.29, 0.717) is 29.3 Å². The van der Waals surface area contributed by atoms with Gasteiger partial charge >= 0.3 is 0 Å². The van der Waals surface area contributed by atoms with Crippen molar-refractivity contribution < 1.29 is 18.8 Å². The molecule has 0 spiro atoms. The van der Waals surface area contributed by atoms with Crippen molar-refractivity contribution in [1.29, 1.82) is 0 Å². The monoisotopic (exact) mass is 689 g/mol. The number of hydrogen-bond acceptors (Lipinski definition) is 5. The van der Waals surface area contributed by atoms with Crippen LogP contribution >= 0.6 is 11.8 Å². The average Bonchev–Trinajstić information content (AvgIpc) is 3.83. The number of aryl methyl sites for hydroxylation is 1. The van der Waals surface area contributed by atoms with Gasteiger partial charge in [-0.3, -0.25) is 14.4 Å². The number of nitrogens with one attached hydrogen (secondary N) is 2. The van der Waals surface area contributed by atoms with Crippen molar-refractivity contribution >= 4 is 46.9 Å². The lowest BCUT2D eigenvalue weighted by atomic mass is 10.1. The molecule has 0 fully saturated rings. The maximum Gasteiger partial charge on any atom is 0.272 e. The highest BCUT2D eigenvalue weighted by molar-refractivity contribution is 8.00. The van der Waals surface area contributed by atoms with Crippen LogP contribution in [0.5, 0.6) is 0 Å². The largest absolute Gasteiger partial charge is 0.457 e. The lowest BCUT2D eigenvalue weighted by Gasteiger charge is -2.24. The summed E-state index contributed by atoms with van der Waals surface area (Å²) in [6.07, 6.45) is 2.35. The molecule has 5 aromatic carbocycles. The van der Waals surface area contributed by atoms with E-state index in [-0.39, 0.29) is 11.6 Å². The van der Waals surface area contributed by atoms with Crippen LogP contribution in [-0.4, -0.2) is 24.3 Å². The zero-order chi connectivity index (χ0) is 35.2. The van der Waals surface area contributed by atoms with E-state index >= 15 is 0 Å². The molecular weight excluding hydrogens is 655 g/mol. The number of carbonyl (C=O) groups is 3. The fraction of sp³-hybridized carbons (Fsp3) is 0.0930. The average molecular weight is 690 g/mol. The second kappa shape index (κ2) is 15.2. The van der Waals surface area contributed by atoms with E-state index in [4.69, 9.17) is 4.42 Å². The van der Waals surface area contributed by atoms with Crippen molar-refractivity contribution in [3.05, 3.63) is 179 Å². The smallest absolute Gasteiger partial charge is 0.272 e. The maximum atomic E-state index is 14.0. The van der Waals surface area contributed by atoms with E-state index in [1.165, 1.54) is 23.4 Å². The first kappa shape index (κ1) is 33.4. The van der Waals surface area contributed by atoms with Crippen LogP contribution < -0.4 is 15.5 Å². The van der Waals surface area contributed by atoms with Gasteiger partial charge in [-0.1, -0.05) is 96.6 Å². The van der Waals surface area contributed by atoms with E-state index in [2.05, 4.69) is 16.7 Å². The van der Waals surface area contributed by atoms with Gasteiger partial charge in [0.15, 0.2) is 0 Å². The highest BCUT2D eigenvalue weighted by Gasteiger charge is 2.31. The van der Waals surface area contributed by atoms with Crippen molar-refractivity contribution in [3.63, 3.8) is 0 Å². The van der Waals surface area contributed by atoms with Crippen LogP contribution in [0.3, 0.4) is 0 Å². The maximum absolute atomic E-state index is 14.0. The highest BCUT2D eigenvalue weighted by Crippen LogP contribution is 2.40. The topological polar surface area (TPSA) is 91.7 Å². The third-order valence-electron chi connectivity index (χ3n) is 8.62. The Balaban J connectivity index is 1.10. The minimum Gasteiger partial charge on any atom is -0.457 e. The number of carbonyl (C=O) groups excluding carboxylic acids is 3. The molecule has 0 radical (unpaired) electrons. The molecule has 7 nitrogen and oxygen atoms in total. The zero-order valence-electron chi connectivity index (χ0n) is 27.9. The minimum absolute atomic E-state index is 0.0211. The third-order valence-corrected chi connectivity index (χ3v) is 9.88. The van der Waals surface area contributed by atoms with Gasteiger partial charge in [0.25, 0.3) is 11.8 Å². The molecule has 1 aromatic heterocycles. The van der Waals surface area contributed by atoms with Gasteiger partial charge < -0.3 is 20.0 Å². The van der Waals surface area contributed by atoms with Crippen LogP contribution in [-0.2, 0) is 16.0 Å². The van der Waals surface area contributed by atoms with Crippen LogP contribution in [0.2, 0.25) is 0 Å². The van der Waals surface area contributed by atoms with Crippen LogP contribution in [0, 0.1) is 6.92 Å². The molecule has 0 saturated carbocycles. The number of anilines is 2. The van der Waals surface area contributed by atoms with Gasteiger partial charge in [-0.25, -0.2) is 0 Å². The summed E-state index contributed by atoms with van der Waals surface area (Å²) in [5.41, 5.74) is 6.06. The fourth-order valence-corrected chi connectivity index (χ4v) is 7.02. The standard InChI is InChI=1S/C43H35N3O4S/c1-29-16-18-31(19-17-29)39-25-22-35(50-39)28-37(45-41(47)33-13-6-3-7-14-33)42(48)44-34-20-23-36(24-21-34)51-40(32-11-4-2-5-12-32)43(49)46-27-26-30-10-8-9-15-38(30)46/h2-25,28,40H,26-27H2,1H3,(H,44,48)(H,45,47)/b37-28-/t40-/m0/s1. The van der Waals surface area contributed by atoms with Gasteiger partial charge in [0, 0.05) is 40.0 Å². The number of para-hydroxylation sites is 1. The number of fused-ring (bicyclic) bond motifs is 1. The molecule has 1 atom stereocenters. The lowest BCUT2D eigenvalue weighted by molar-refractivity contribution is -0.118. The summed E-state index contributed by atoms with van der Waals surface area (Å²) in [4.78, 5) is 43.6. The molecule has 1 aliphatic rings. The molecule has 2 heterocycles. The van der Waals surface area contributed by atoms with Gasteiger partial charge in [-0.05, 0) is 79.1 Å². The van der Waals surface area contributed by atoms with Gasteiger partial charge in [-0.2, -0.15) is 0 Å². The summed E-state index contributed by atoms with van der Waals surface area (Å²) in [5.74, 6) is 0.142. The molecule has 1 aliphatic heterocycles. The normalized spacial score (nSPS) is 13.0. The molecule has 3 amide bonds. The Morgan fingerprint density at radius 2 is 1.45 bits per heavy atom. The van der Waals surface area contributed by atoms with E-state index in [9.17, 15) is 14.4 Å². The fourth-order valence-electron chi connectivity index (χ4n) is 5.94. The van der Waals surface area contributed by atoms with E-state index in [1.807, 2.05) is 109 Å². The summed E-state index contributed by atoms with van der Waals surface area (Å²) in [6, 6.07) is 45.4. The number of nitrogens with zero attached hydrogens (tertiary/aromatic N) is 1. The van der Waals surface area contributed by atoms with Crippen molar-refractivity contribution in [2.45, 2.75) is 23.5 Å². The number of hydrogen-bond donors (Lipinski definition) is 2. The first-order chi connectivity index (χ1) is 24.9. The van der Waals surface area contributed by atoms with Crippen LogP contribution in [0.4, 0.5) is 11.4 Å². The van der Waals surface area contributed by atoms with Gasteiger partial charge in [-0.15, -0.1) is 11.8 Å². The van der Waals surface area contributed by atoms with Crippen LogP contribution in [0.1, 0.15) is 38.1 Å². The summed E-state index contributed by atoms with van der Waals surface area (Å²) < 4.78 is 6.05. The van der Waals surface area contributed by atoms with Gasteiger partial charge in [0.2, 0.25) is 5.91 Å². The van der Waals surface area contributed by atoms with Crippen molar-refractivity contribution in [1.82, 2.24) is 5.32 Å². The Labute approximate surface area is 301 Å². The SMILES string of the molecule is Cc1ccc(-c2ccc(/C=C(\NC(=O)c3ccccc3)C(=O)Nc3ccc(S[C@H](C(=O)N4CCc5ccccc54)c4ccccc4)cc3)o2)cc1. The summed E-state index contributed by atoms with van der Waals surface area (Å²) >= 11 is 1.47. The predicted molar refractivity (Wildman–Crippen MR) is 203 cm³/mol. The number of thioether (sulfide) groups is 1. The first-order valence-corrected chi connectivity index (χ1v) is 17.6. The van der Waals surface area contributed by atoms with E-state index in [0.717, 1.165) is 33.7 Å². The Bertz CT molecular complexity index is 2190. The molecule has 51 heavy (non-hydrogen) atoms. The Kier molecular flexibility index (Phi) is 9.94. The lowest BCUT2D eigenvalue weighted by Crippen LogP contribution is -2.32. The molecule has 0 unspecified atom stereocenters. The van der Waals surface area contributed by atoms with Crippen LogP contribution in [0.15, 0.2) is 161 Å². The number of amides is 3. The van der Waals surface area contributed by atoms with E-state index in [1.54, 1.807) is 42.5 Å². The summed E-state index contributed by atoms with van der Waals surface area (Å²) in [5, 5.41) is 5.21. The molecule has 2 N–H and O–H groups in total. The Morgan fingerprint density at radius 1 is 0.765 bits per heavy atom. The molecule has 252 valence electrons. The van der Waals surface area contributed by atoms with Crippen molar-refractivity contribution in [2.24, 2.45) is 0 Å². The molecule has 8 heteroatoms. The van der Waals surface area contributed by atoms with Gasteiger partial charge in [0.05, 0.1) is 0 Å². The quantitative estimate of drug-likeness (QED) is 0.111. The molecule has 0 bridgehead atoms.